The van der Waals surface area contributed by atoms with E-state index in [1.165, 1.54) is 0 Å². The molecule has 2 aromatic rings. The van der Waals surface area contributed by atoms with Gasteiger partial charge >= 0.3 is 0 Å². The van der Waals surface area contributed by atoms with Gasteiger partial charge in [0, 0.05) is 22.4 Å². The van der Waals surface area contributed by atoms with Crippen LogP contribution < -0.4 is 0 Å². The first-order valence-electron chi connectivity index (χ1n) is 8.53. The van der Waals surface area contributed by atoms with Gasteiger partial charge in [-0.05, 0) is 41.1 Å². The molecule has 0 saturated heterocycles. The number of aromatic amines is 2. The van der Waals surface area contributed by atoms with Crippen molar-refractivity contribution in [2.75, 3.05) is 0 Å². The summed E-state index contributed by atoms with van der Waals surface area (Å²) in [5, 5.41) is 10.9. The Hall–Kier alpha value is -1.55. The Morgan fingerprint density at radius 2 is 1.38 bits per heavy atom. The van der Waals surface area contributed by atoms with Crippen molar-refractivity contribution in [3.8, 4) is 17.0 Å². The molecule has 0 radical (unpaired) electrons. The monoisotopic (exact) mass is 346 g/mol. The lowest BCUT2D eigenvalue weighted by atomic mass is 9.78. The summed E-state index contributed by atoms with van der Waals surface area (Å²) < 4.78 is 0.636. The van der Waals surface area contributed by atoms with Crippen LogP contribution in [0, 0.1) is 4.77 Å². The highest BCUT2D eigenvalue weighted by molar-refractivity contribution is 7.71. The molecule has 0 aliphatic carbocycles. The van der Waals surface area contributed by atoms with Crippen LogP contribution in [0.5, 0.6) is 5.75 Å². The largest absolute Gasteiger partial charge is 0.507 e. The summed E-state index contributed by atoms with van der Waals surface area (Å²) in [4.78, 5) is 6.57. The van der Waals surface area contributed by atoms with Gasteiger partial charge in [-0.2, -0.15) is 0 Å². The van der Waals surface area contributed by atoms with E-state index < -0.39 is 0 Å². The fourth-order valence-corrected chi connectivity index (χ4v) is 3.19. The summed E-state index contributed by atoms with van der Waals surface area (Å²) in [6.45, 7) is 17.0. The number of hydrogen-bond acceptors (Lipinski definition) is 2. The molecule has 3 N–H and O–H groups in total. The molecule has 1 aromatic carbocycles. The van der Waals surface area contributed by atoms with Crippen LogP contribution in [-0.2, 0) is 10.8 Å². The molecule has 0 unspecified atom stereocenters. The second-order valence-electron chi connectivity index (χ2n) is 8.94. The molecule has 0 fully saturated rings. The average molecular weight is 347 g/mol. The summed E-state index contributed by atoms with van der Waals surface area (Å²) >= 11 is 5.32. The fourth-order valence-electron chi connectivity index (χ4n) is 2.98. The van der Waals surface area contributed by atoms with Crippen LogP contribution in [0.4, 0.5) is 0 Å². The minimum Gasteiger partial charge on any atom is -0.507 e. The number of phenols is 1. The molecule has 4 heteroatoms. The molecule has 0 saturated carbocycles. The molecule has 0 spiro atoms. The van der Waals surface area contributed by atoms with E-state index in [2.05, 4.69) is 77.5 Å². The van der Waals surface area contributed by atoms with Gasteiger partial charge in [-0.1, -0.05) is 55.4 Å². The van der Waals surface area contributed by atoms with Crippen molar-refractivity contribution in [3.05, 3.63) is 33.7 Å². The Morgan fingerprint density at radius 1 is 0.917 bits per heavy atom. The topological polar surface area (TPSA) is 51.8 Å². The number of hydrogen-bond donors (Lipinski definition) is 3. The highest BCUT2D eigenvalue weighted by atomic mass is 32.1. The van der Waals surface area contributed by atoms with Crippen molar-refractivity contribution >= 4 is 12.2 Å². The summed E-state index contributed by atoms with van der Waals surface area (Å²) in [6.07, 6.45) is 0. The number of imidazole rings is 1. The molecule has 0 bridgehead atoms. The molecular weight excluding hydrogens is 316 g/mol. The Bertz CT molecular complexity index is 763. The lowest BCUT2D eigenvalue weighted by molar-refractivity contribution is 0.423. The molecule has 3 nitrogen and oxygen atoms in total. The highest BCUT2D eigenvalue weighted by Crippen LogP contribution is 2.42. The number of phenolic OH excluding ortho intramolecular Hbond substituents is 1. The van der Waals surface area contributed by atoms with E-state index in [9.17, 15) is 5.11 Å². The molecular formula is C20H30N2OS. The van der Waals surface area contributed by atoms with Gasteiger partial charge in [0.05, 0.1) is 5.69 Å². The number of rotatable bonds is 2. The summed E-state index contributed by atoms with van der Waals surface area (Å²) in [5.41, 5.74) is 4.81. The van der Waals surface area contributed by atoms with Crippen molar-refractivity contribution in [2.24, 2.45) is 0 Å². The highest BCUT2D eigenvalue weighted by Gasteiger charge is 2.27. The van der Waals surface area contributed by atoms with E-state index >= 15 is 0 Å². The van der Waals surface area contributed by atoms with E-state index in [-0.39, 0.29) is 10.8 Å². The summed E-state index contributed by atoms with van der Waals surface area (Å²) in [5.74, 6) is 0.733. The molecule has 1 aromatic heterocycles. The Balaban J connectivity index is 2.84. The van der Waals surface area contributed by atoms with Crippen LogP contribution in [0.3, 0.4) is 0 Å². The maximum atomic E-state index is 10.9. The molecule has 1 heterocycles. The standard InChI is InChI=1S/C20H30N2OS/c1-11(2)15-16(22-18(24)21-15)12-9-13(19(3,4)5)17(23)14(10-12)20(6,7)8/h9-11,23H,1-8H3,(H2,21,22,24). The van der Waals surface area contributed by atoms with Gasteiger partial charge < -0.3 is 15.1 Å². The number of aromatic nitrogens is 2. The van der Waals surface area contributed by atoms with Crippen LogP contribution in [-0.4, -0.2) is 15.1 Å². The molecule has 0 amide bonds. The summed E-state index contributed by atoms with van der Waals surface area (Å²) in [6, 6.07) is 4.18. The zero-order valence-corrected chi connectivity index (χ0v) is 16.9. The third-order valence-electron chi connectivity index (χ3n) is 4.35. The third-order valence-corrected chi connectivity index (χ3v) is 4.55. The van der Waals surface area contributed by atoms with E-state index in [0.717, 1.165) is 28.1 Å². The van der Waals surface area contributed by atoms with Crippen molar-refractivity contribution in [3.63, 3.8) is 0 Å². The van der Waals surface area contributed by atoms with Gasteiger partial charge in [0.1, 0.15) is 5.75 Å². The van der Waals surface area contributed by atoms with E-state index in [4.69, 9.17) is 12.2 Å². The maximum Gasteiger partial charge on any atom is 0.175 e. The van der Waals surface area contributed by atoms with E-state index in [0.29, 0.717) is 16.4 Å². The zero-order valence-electron chi connectivity index (χ0n) is 16.1. The lowest BCUT2D eigenvalue weighted by Gasteiger charge is -2.28. The van der Waals surface area contributed by atoms with E-state index in [1.54, 1.807) is 0 Å². The molecule has 0 aliphatic heterocycles. The normalized spacial score (nSPS) is 12.9. The van der Waals surface area contributed by atoms with Crippen LogP contribution in [0.2, 0.25) is 0 Å². The summed E-state index contributed by atoms with van der Waals surface area (Å²) in [7, 11) is 0. The van der Waals surface area contributed by atoms with E-state index in [1.807, 2.05) is 0 Å². The van der Waals surface area contributed by atoms with Crippen molar-refractivity contribution < 1.29 is 5.11 Å². The molecule has 132 valence electrons. The third kappa shape index (κ3) is 3.59. The number of nitrogens with one attached hydrogen (secondary N) is 2. The van der Waals surface area contributed by atoms with Gasteiger partial charge in [-0.25, -0.2) is 0 Å². The quantitative estimate of drug-likeness (QED) is 0.570. The Kier molecular flexibility index (Phi) is 4.75. The van der Waals surface area contributed by atoms with Crippen molar-refractivity contribution in [1.29, 1.82) is 0 Å². The van der Waals surface area contributed by atoms with Gasteiger partial charge in [0.25, 0.3) is 0 Å². The Morgan fingerprint density at radius 3 is 1.75 bits per heavy atom. The van der Waals surface area contributed by atoms with Gasteiger partial charge in [-0.15, -0.1) is 0 Å². The first-order chi connectivity index (χ1) is 10.8. The first-order valence-corrected chi connectivity index (χ1v) is 8.93. The molecule has 24 heavy (non-hydrogen) atoms. The van der Waals surface area contributed by atoms with Gasteiger partial charge in [0.15, 0.2) is 4.77 Å². The lowest BCUT2D eigenvalue weighted by Crippen LogP contribution is -2.17. The van der Waals surface area contributed by atoms with Gasteiger partial charge in [0.2, 0.25) is 0 Å². The van der Waals surface area contributed by atoms with Crippen LogP contribution in [0.1, 0.15) is 78.1 Å². The predicted octanol–water partition coefficient (Wildman–Crippen LogP) is 6.16. The Labute approximate surface area is 150 Å². The minimum atomic E-state index is -0.148. The van der Waals surface area contributed by atoms with Crippen molar-refractivity contribution in [2.45, 2.75) is 72.1 Å². The van der Waals surface area contributed by atoms with Crippen LogP contribution in [0.15, 0.2) is 12.1 Å². The predicted molar refractivity (Wildman–Crippen MR) is 105 cm³/mol. The van der Waals surface area contributed by atoms with Gasteiger partial charge in [-0.3, -0.25) is 0 Å². The average Bonchev–Trinajstić information content (AvgIpc) is 2.78. The van der Waals surface area contributed by atoms with Crippen LogP contribution in [0.25, 0.3) is 11.3 Å². The SMILES string of the molecule is CC(C)c1[nH]c(=S)[nH]c1-c1cc(C(C)(C)C)c(O)c(C(C)(C)C)c1. The minimum absolute atomic E-state index is 0.148. The fraction of sp³-hybridized carbons (Fsp3) is 0.550. The van der Waals surface area contributed by atoms with Crippen LogP contribution >= 0.6 is 12.2 Å². The second kappa shape index (κ2) is 6.07. The van der Waals surface area contributed by atoms with Crippen molar-refractivity contribution in [1.82, 2.24) is 9.97 Å². The molecule has 2 rings (SSSR count). The zero-order chi connectivity index (χ0) is 18.4. The number of aromatic hydroxyl groups is 1. The number of H-pyrrole nitrogens is 2. The number of benzene rings is 1. The molecule has 0 atom stereocenters. The maximum absolute atomic E-state index is 10.9. The smallest absolute Gasteiger partial charge is 0.175 e. The molecule has 0 aliphatic rings. The second-order valence-corrected chi connectivity index (χ2v) is 9.35. The first kappa shape index (κ1) is 18.8.